The van der Waals surface area contributed by atoms with E-state index in [0.717, 1.165) is 19.4 Å². The van der Waals surface area contributed by atoms with Crippen molar-refractivity contribution in [2.24, 2.45) is 0 Å². The van der Waals surface area contributed by atoms with Gasteiger partial charge in [-0.15, -0.1) is 0 Å². The zero-order valence-electron chi connectivity index (χ0n) is 12.7. The molecule has 0 amide bonds. The topological polar surface area (TPSA) is 52.7 Å². The average molecular weight is 303 g/mol. The highest BCUT2D eigenvalue weighted by Crippen LogP contribution is 2.22. The maximum Gasteiger partial charge on any atom is 0.215 e. The number of sulfonamides is 1. The Morgan fingerprint density at radius 1 is 1.05 bits per heavy atom. The molecule has 0 aromatic heterocycles. The van der Waals surface area contributed by atoms with Crippen molar-refractivity contribution < 1.29 is 8.42 Å². The van der Waals surface area contributed by atoms with Crippen molar-refractivity contribution >= 4 is 10.0 Å². The van der Waals surface area contributed by atoms with Gasteiger partial charge in [0.15, 0.2) is 0 Å². The van der Waals surface area contributed by atoms with E-state index in [1.807, 2.05) is 6.92 Å². The summed E-state index contributed by atoms with van der Waals surface area (Å²) < 4.78 is 26.1. The molecule has 1 N–H and O–H groups in total. The second-order valence-corrected chi connectivity index (χ2v) is 7.98. The van der Waals surface area contributed by atoms with Crippen molar-refractivity contribution in [3.8, 4) is 0 Å². The Hall–Kier alpha value is -0.170. The molecule has 0 bridgehead atoms. The van der Waals surface area contributed by atoms with Gasteiger partial charge in [-0.2, -0.15) is 0 Å². The first-order valence-electron chi connectivity index (χ1n) is 8.06. The molecular formula is C14H29N3O2S. The molecule has 0 saturated carbocycles. The predicted octanol–water partition coefficient (Wildman–Crippen LogP) is 0.876. The van der Waals surface area contributed by atoms with Crippen LogP contribution < -0.4 is 5.32 Å². The standard InChI is InChI=1S/C14H29N3O2S/c1-2-15-8-13-20(18,19)17-11-6-14(7-12-17)16-9-4-3-5-10-16/h14-15H,2-13H2,1H3. The number of piperidine rings is 2. The molecule has 0 atom stereocenters. The van der Waals surface area contributed by atoms with E-state index in [-0.39, 0.29) is 5.75 Å². The summed E-state index contributed by atoms with van der Waals surface area (Å²) in [5.41, 5.74) is 0. The van der Waals surface area contributed by atoms with Crippen molar-refractivity contribution in [3.63, 3.8) is 0 Å². The number of rotatable bonds is 6. The summed E-state index contributed by atoms with van der Waals surface area (Å²) in [7, 11) is -3.06. The number of nitrogens with one attached hydrogen (secondary N) is 1. The molecule has 2 aliphatic rings. The fourth-order valence-electron chi connectivity index (χ4n) is 3.28. The van der Waals surface area contributed by atoms with Crippen molar-refractivity contribution in [1.82, 2.24) is 14.5 Å². The summed E-state index contributed by atoms with van der Waals surface area (Å²) >= 11 is 0. The molecule has 2 rings (SSSR count). The van der Waals surface area contributed by atoms with E-state index in [2.05, 4.69) is 10.2 Å². The van der Waals surface area contributed by atoms with Crippen LogP contribution in [0.3, 0.4) is 0 Å². The second-order valence-electron chi connectivity index (χ2n) is 5.90. The average Bonchev–Trinajstić information content (AvgIpc) is 2.48. The first-order valence-corrected chi connectivity index (χ1v) is 9.67. The zero-order chi connectivity index (χ0) is 14.4. The van der Waals surface area contributed by atoms with Crippen LogP contribution >= 0.6 is 0 Å². The minimum absolute atomic E-state index is 0.231. The van der Waals surface area contributed by atoms with Crippen LogP contribution in [0.2, 0.25) is 0 Å². The molecule has 0 radical (unpaired) electrons. The maximum atomic E-state index is 12.2. The number of hydrogen-bond acceptors (Lipinski definition) is 4. The van der Waals surface area contributed by atoms with Crippen LogP contribution in [0.5, 0.6) is 0 Å². The quantitative estimate of drug-likeness (QED) is 0.740. The van der Waals surface area contributed by atoms with Gasteiger partial charge in [0.1, 0.15) is 0 Å². The van der Waals surface area contributed by atoms with Gasteiger partial charge in [0.25, 0.3) is 0 Å². The Morgan fingerprint density at radius 2 is 1.70 bits per heavy atom. The van der Waals surface area contributed by atoms with Crippen molar-refractivity contribution in [2.75, 3.05) is 45.0 Å². The summed E-state index contributed by atoms with van der Waals surface area (Å²) in [5.74, 6) is 0.231. The minimum Gasteiger partial charge on any atom is -0.316 e. The minimum atomic E-state index is -3.06. The number of nitrogens with zero attached hydrogens (tertiary/aromatic N) is 2. The van der Waals surface area contributed by atoms with Crippen LogP contribution in [0.4, 0.5) is 0 Å². The van der Waals surface area contributed by atoms with E-state index in [4.69, 9.17) is 0 Å². The van der Waals surface area contributed by atoms with Crippen molar-refractivity contribution in [2.45, 2.75) is 45.1 Å². The monoisotopic (exact) mass is 303 g/mol. The summed E-state index contributed by atoms with van der Waals surface area (Å²) in [6.07, 6.45) is 5.97. The van der Waals surface area contributed by atoms with Gasteiger partial charge in [0.2, 0.25) is 10.0 Å². The van der Waals surface area contributed by atoms with Gasteiger partial charge in [0.05, 0.1) is 5.75 Å². The molecule has 2 aliphatic heterocycles. The van der Waals surface area contributed by atoms with Gasteiger partial charge in [-0.25, -0.2) is 12.7 Å². The maximum absolute atomic E-state index is 12.2. The molecule has 0 spiro atoms. The fraction of sp³-hybridized carbons (Fsp3) is 1.00. The van der Waals surface area contributed by atoms with E-state index >= 15 is 0 Å². The molecule has 6 heteroatoms. The van der Waals surface area contributed by atoms with Gasteiger partial charge in [0, 0.05) is 25.7 Å². The Morgan fingerprint density at radius 3 is 2.30 bits per heavy atom. The highest BCUT2D eigenvalue weighted by Gasteiger charge is 2.30. The van der Waals surface area contributed by atoms with E-state index in [9.17, 15) is 8.42 Å². The molecule has 0 aliphatic carbocycles. The predicted molar refractivity (Wildman–Crippen MR) is 82.3 cm³/mol. The van der Waals surface area contributed by atoms with Crippen LogP contribution in [0, 0.1) is 0 Å². The molecule has 118 valence electrons. The SMILES string of the molecule is CCNCCS(=O)(=O)N1CCC(N2CCCCC2)CC1. The second kappa shape index (κ2) is 7.73. The first-order chi connectivity index (χ1) is 9.63. The van der Waals surface area contributed by atoms with E-state index < -0.39 is 10.0 Å². The van der Waals surface area contributed by atoms with Crippen LogP contribution in [0.15, 0.2) is 0 Å². The largest absolute Gasteiger partial charge is 0.316 e. The lowest BCUT2D eigenvalue weighted by molar-refractivity contribution is 0.118. The van der Waals surface area contributed by atoms with E-state index in [0.29, 0.717) is 25.7 Å². The Kier molecular flexibility index (Phi) is 6.26. The third kappa shape index (κ3) is 4.41. The van der Waals surface area contributed by atoms with E-state index in [1.54, 1.807) is 4.31 Å². The zero-order valence-corrected chi connectivity index (χ0v) is 13.5. The smallest absolute Gasteiger partial charge is 0.215 e. The van der Waals surface area contributed by atoms with Gasteiger partial charge < -0.3 is 10.2 Å². The molecular weight excluding hydrogens is 274 g/mol. The Labute approximate surface area is 123 Å². The Bertz CT molecular complexity index is 372. The number of likely N-dealkylation sites (tertiary alicyclic amines) is 1. The van der Waals surface area contributed by atoms with E-state index in [1.165, 1.54) is 32.4 Å². The summed E-state index contributed by atoms with van der Waals surface area (Å²) in [6, 6.07) is 0.607. The third-order valence-electron chi connectivity index (χ3n) is 4.51. The molecule has 0 aromatic rings. The van der Waals surface area contributed by atoms with Crippen LogP contribution in [0.25, 0.3) is 0 Å². The van der Waals surface area contributed by atoms with Gasteiger partial charge in [-0.05, 0) is 45.3 Å². The normalized spacial score (nSPS) is 24.1. The lowest BCUT2D eigenvalue weighted by atomic mass is 10.0. The fourth-order valence-corrected chi connectivity index (χ4v) is 4.70. The summed E-state index contributed by atoms with van der Waals surface area (Å²) in [4.78, 5) is 2.58. The molecule has 0 aromatic carbocycles. The van der Waals surface area contributed by atoms with Gasteiger partial charge >= 0.3 is 0 Å². The highest BCUT2D eigenvalue weighted by molar-refractivity contribution is 7.89. The van der Waals surface area contributed by atoms with Crippen LogP contribution in [0.1, 0.15) is 39.0 Å². The molecule has 5 nitrogen and oxygen atoms in total. The molecule has 2 fully saturated rings. The molecule has 2 heterocycles. The van der Waals surface area contributed by atoms with Crippen LogP contribution in [-0.2, 0) is 10.0 Å². The highest BCUT2D eigenvalue weighted by atomic mass is 32.2. The van der Waals surface area contributed by atoms with Gasteiger partial charge in [-0.1, -0.05) is 13.3 Å². The Balaban J connectivity index is 1.78. The lowest BCUT2D eigenvalue weighted by Crippen LogP contribution is -2.49. The van der Waals surface area contributed by atoms with Crippen molar-refractivity contribution in [1.29, 1.82) is 0 Å². The molecule has 0 unspecified atom stereocenters. The molecule has 20 heavy (non-hydrogen) atoms. The third-order valence-corrected chi connectivity index (χ3v) is 6.38. The summed E-state index contributed by atoms with van der Waals surface area (Å²) in [5, 5.41) is 3.09. The first kappa shape index (κ1) is 16.2. The molecule has 2 saturated heterocycles. The van der Waals surface area contributed by atoms with Crippen LogP contribution in [-0.4, -0.2) is 68.7 Å². The lowest BCUT2D eigenvalue weighted by Gasteiger charge is -2.39. The number of hydrogen-bond donors (Lipinski definition) is 1. The summed E-state index contributed by atoms with van der Waals surface area (Å²) in [6.45, 7) is 7.20. The van der Waals surface area contributed by atoms with Crippen molar-refractivity contribution in [3.05, 3.63) is 0 Å². The van der Waals surface area contributed by atoms with Gasteiger partial charge in [-0.3, -0.25) is 0 Å².